The number of ketones is 1. The van der Waals surface area contributed by atoms with Crippen molar-refractivity contribution in [1.29, 1.82) is 0 Å². The number of rotatable bonds is 1. The molecule has 1 spiro atoms. The molecule has 28 heavy (non-hydrogen) atoms. The first kappa shape index (κ1) is 19.4. The predicted molar refractivity (Wildman–Crippen MR) is 92.3 cm³/mol. The van der Waals surface area contributed by atoms with Crippen molar-refractivity contribution < 1.29 is 32.0 Å². The number of Topliss-reactive ketones (excluding diaryl/α,β-unsaturated/α-hetero) is 1. The molecule has 0 aromatic carbocycles. The number of ether oxygens (including phenoxy) is 1. The first-order chi connectivity index (χ1) is 13.1. The second kappa shape index (κ2) is 6.57. The van der Waals surface area contributed by atoms with E-state index in [0.29, 0.717) is 20.5 Å². The Morgan fingerprint density at radius 1 is 1.43 bits per heavy atom. The highest BCUT2D eigenvalue weighted by Crippen LogP contribution is 2.51. The average molecular weight is 435 g/mol. The molecule has 6 nitrogen and oxygen atoms in total. The lowest BCUT2D eigenvalue weighted by Crippen LogP contribution is -2.53. The summed E-state index contributed by atoms with van der Waals surface area (Å²) in [5, 5.41) is 3.73. The molecule has 0 radical (unpaired) electrons. The van der Waals surface area contributed by atoms with Crippen molar-refractivity contribution >= 4 is 34.6 Å². The van der Waals surface area contributed by atoms with Crippen LogP contribution in [0.25, 0.3) is 0 Å². The quantitative estimate of drug-likeness (QED) is 0.677. The number of aryl methyl sites for hydroxylation is 1. The van der Waals surface area contributed by atoms with E-state index in [1.165, 1.54) is 6.07 Å². The number of amides is 1. The summed E-state index contributed by atoms with van der Waals surface area (Å²) >= 11 is 7.25. The molecule has 4 rings (SSSR count). The number of halogens is 4. The van der Waals surface area contributed by atoms with Crippen molar-refractivity contribution in [3.05, 3.63) is 38.4 Å². The molecule has 2 aromatic heterocycles. The Kier molecular flexibility index (Phi) is 4.55. The molecule has 0 aliphatic carbocycles. The van der Waals surface area contributed by atoms with Crippen LogP contribution < -0.4 is 0 Å². The fourth-order valence-electron chi connectivity index (χ4n) is 3.77. The van der Waals surface area contributed by atoms with Gasteiger partial charge in [0.25, 0.3) is 0 Å². The maximum atomic E-state index is 13.1. The van der Waals surface area contributed by atoms with E-state index in [4.69, 9.17) is 20.9 Å². The fraction of sp³-hybridized carbons (Fsp3) is 0.471. The van der Waals surface area contributed by atoms with E-state index in [2.05, 4.69) is 5.16 Å². The number of likely N-dealkylation sites (tertiary alicyclic amines) is 1. The van der Waals surface area contributed by atoms with Crippen LogP contribution in [-0.4, -0.2) is 41.1 Å². The summed E-state index contributed by atoms with van der Waals surface area (Å²) in [7, 11) is 0. The van der Waals surface area contributed by atoms with Crippen molar-refractivity contribution in [1.82, 2.24) is 10.1 Å². The molecule has 1 amide bonds. The van der Waals surface area contributed by atoms with Crippen molar-refractivity contribution in [2.24, 2.45) is 0 Å². The largest absolute Gasteiger partial charge is 0.471 e. The second-order valence-electron chi connectivity index (χ2n) is 6.84. The van der Waals surface area contributed by atoms with Crippen LogP contribution in [0.15, 0.2) is 16.7 Å². The lowest BCUT2D eigenvalue weighted by Gasteiger charge is -2.46. The third kappa shape index (κ3) is 3.13. The Balaban J connectivity index is 1.76. The van der Waals surface area contributed by atoms with Gasteiger partial charge in [0.2, 0.25) is 0 Å². The van der Waals surface area contributed by atoms with Crippen LogP contribution in [0.2, 0.25) is 4.34 Å². The highest BCUT2D eigenvalue weighted by Gasteiger charge is 2.53. The zero-order chi connectivity index (χ0) is 20.3. The minimum atomic E-state index is -5.02. The van der Waals surface area contributed by atoms with E-state index in [9.17, 15) is 22.8 Å². The summed E-state index contributed by atoms with van der Waals surface area (Å²) in [5.74, 6) is -2.04. The van der Waals surface area contributed by atoms with Gasteiger partial charge in [-0.1, -0.05) is 16.8 Å². The third-order valence-electron chi connectivity index (χ3n) is 5.03. The molecule has 1 saturated heterocycles. The average Bonchev–Trinajstić information content (AvgIpc) is 3.24. The molecule has 0 bridgehead atoms. The summed E-state index contributed by atoms with van der Waals surface area (Å²) in [6.45, 7) is 1.22. The van der Waals surface area contributed by atoms with Crippen LogP contribution in [0.3, 0.4) is 0 Å². The zero-order valence-electron chi connectivity index (χ0n) is 14.5. The predicted octanol–water partition coefficient (Wildman–Crippen LogP) is 4.03. The van der Waals surface area contributed by atoms with Gasteiger partial charge < -0.3 is 14.2 Å². The molecule has 2 aromatic rings. The molecule has 2 aliphatic heterocycles. The zero-order valence-corrected chi connectivity index (χ0v) is 16.1. The van der Waals surface area contributed by atoms with Gasteiger partial charge in [-0.05, 0) is 19.4 Å². The first-order valence-corrected chi connectivity index (χ1v) is 9.58. The van der Waals surface area contributed by atoms with Crippen LogP contribution in [0.5, 0.6) is 0 Å². The maximum Gasteiger partial charge on any atom is 0.471 e. The van der Waals surface area contributed by atoms with Gasteiger partial charge in [0.15, 0.2) is 11.5 Å². The van der Waals surface area contributed by atoms with E-state index < -0.39 is 23.7 Å². The lowest BCUT2D eigenvalue weighted by molar-refractivity contribution is -0.195. The number of hydrogen-bond acceptors (Lipinski definition) is 6. The van der Waals surface area contributed by atoms with Gasteiger partial charge in [0.05, 0.1) is 16.1 Å². The van der Waals surface area contributed by atoms with E-state index in [-0.39, 0.29) is 37.5 Å². The molecule has 11 heteroatoms. The molecular weight excluding hydrogens is 421 g/mol. The van der Waals surface area contributed by atoms with E-state index >= 15 is 0 Å². The van der Waals surface area contributed by atoms with Crippen LogP contribution in [-0.2, 0) is 15.1 Å². The summed E-state index contributed by atoms with van der Waals surface area (Å²) in [6.07, 6.45) is -4.91. The number of carbonyl (C=O) groups excluding carboxylic acids is 2. The van der Waals surface area contributed by atoms with E-state index in [1.807, 2.05) is 0 Å². The van der Waals surface area contributed by atoms with Gasteiger partial charge in [-0.2, -0.15) is 13.2 Å². The standard InChI is InChI=1S/C17H14ClF3N2O4S/c1-8-4-12(27-22-8)10-6-16(2-3-23(10)15(25)17(19,20)21)14-9(5-13(18)28-14)11(24)7-26-16/h4-5,10H,2-3,6-7H2,1H3/t10-,16-/m0/s1. The van der Waals surface area contributed by atoms with Gasteiger partial charge in [-0.25, -0.2) is 0 Å². The molecule has 0 unspecified atom stereocenters. The van der Waals surface area contributed by atoms with Gasteiger partial charge >= 0.3 is 12.1 Å². The molecule has 0 saturated carbocycles. The molecule has 1 fully saturated rings. The monoisotopic (exact) mass is 434 g/mol. The van der Waals surface area contributed by atoms with Crippen LogP contribution in [0.4, 0.5) is 13.2 Å². The highest BCUT2D eigenvalue weighted by atomic mass is 35.5. The number of carbonyl (C=O) groups is 2. The molecule has 150 valence electrons. The summed E-state index contributed by atoms with van der Waals surface area (Å²) < 4.78 is 50.8. The second-order valence-corrected chi connectivity index (χ2v) is 8.52. The van der Waals surface area contributed by atoms with Gasteiger partial charge in [-0.15, -0.1) is 11.3 Å². The number of alkyl halides is 3. The van der Waals surface area contributed by atoms with Crippen LogP contribution in [0.1, 0.15) is 45.6 Å². The number of thiophene rings is 1. The SMILES string of the molecule is Cc1cc([C@@H]2C[C@]3(CCN2C(=O)C(F)(F)F)OCC(=O)c2cc(Cl)sc23)on1. The normalized spacial score (nSPS) is 25.2. The van der Waals surface area contributed by atoms with Gasteiger partial charge in [-0.3, -0.25) is 9.59 Å². The molecule has 0 N–H and O–H groups in total. The van der Waals surface area contributed by atoms with E-state index in [1.54, 1.807) is 13.0 Å². The Hall–Kier alpha value is -1.91. The topological polar surface area (TPSA) is 72.6 Å². The Bertz CT molecular complexity index is 957. The van der Waals surface area contributed by atoms with Crippen molar-refractivity contribution in [2.75, 3.05) is 13.2 Å². The van der Waals surface area contributed by atoms with Crippen LogP contribution in [0, 0.1) is 6.92 Å². The number of piperidine rings is 1. The number of nitrogens with zero attached hydrogens (tertiary/aromatic N) is 2. The number of hydrogen-bond donors (Lipinski definition) is 0. The van der Waals surface area contributed by atoms with Gasteiger partial charge in [0, 0.05) is 29.5 Å². The Labute approximate surface area is 166 Å². The number of aromatic nitrogens is 1. The Morgan fingerprint density at radius 3 is 2.82 bits per heavy atom. The Morgan fingerprint density at radius 2 is 2.18 bits per heavy atom. The minimum absolute atomic E-state index is 0.000571. The minimum Gasteiger partial charge on any atom is -0.361 e. The fourth-order valence-corrected chi connectivity index (χ4v) is 5.20. The maximum absolute atomic E-state index is 13.1. The summed E-state index contributed by atoms with van der Waals surface area (Å²) in [4.78, 5) is 25.5. The van der Waals surface area contributed by atoms with Crippen molar-refractivity contribution in [3.8, 4) is 0 Å². The van der Waals surface area contributed by atoms with Crippen LogP contribution >= 0.6 is 22.9 Å². The summed E-state index contributed by atoms with van der Waals surface area (Å²) in [6, 6.07) is 2.01. The highest BCUT2D eigenvalue weighted by molar-refractivity contribution is 7.16. The summed E-state index contributed by atoms with van der Waals surface area (Å²) in [5.41, 5.74) is -0.118. The lowest BCUT2D eigenvalue weighted by atomic mass is 9.80. The van der Waals surface area contributed by atoms with Gasteiger partial charge in [0.1, 0.15) is 12.2 Å². The molecule has 2 atom stereocenters. The molecular formula is C17H14ClF3N2O4S. The smallest absolute Gasteiger partial charge is 0.361 e. The van der Waals surface area contributed by atoms with E-state index in [0.717, 1.165) is 16.2 Å². The molecule has 4 heterocycles. The third-order valence-corrected chi connectivity index (χ3v) is 6.48. The molecule has 2 aliphatic rings. The van der Waals surface area contributed by atoms with Crippen molar-refractivity contribution in [2.45, 2.75) is 37.6 Å². The van der Waals surface area contributed by atoms with Crippen molar-refractivity contribution in [3.63, 3.8) is 0 Å². The number of fused-ring (bicyclic) bond motifs is 2. The first-order valence-electron chi connectivity index (χ1n) is 8.39.